The molecule has 1 aliphatic rings. The molecule has 3 N–H and O–H groups in total. The molecule has 1 unspecified atom stereocenters. The third-order valence-electron chi connectivity index (χ3n) is 2.44. The van der Waals surface area contributed by atoms with Gasteiger partial charge in [-0.05, 0) is 24.7 Å². The number of nitrogens with two attached hydrogens (primary N) is 1. The fourth-order valence-electron chi connectivity index (χ4n) is 1.52. The number of hydrogen-bond donors (Lipinski definition) is 2. The van der Waals surface area contributed by atoms with E-state index >= 15 is 0 Å². The zero-order valence-corrected chi connectivity index (χ0v) is 12.6. The SMILES string of the molecule is CC.CC.CC1(c2ccccc2)NC(=S)N=C1N. The number of nitrogens with one attached hydrogen (secondary N) is 1. The maximum atomic E-state index is 5.84. The number of hydrogen-bond acceptors (Lipinski definition) is 2. The lowest BCUT2D eigenvalue weighted by molar-refractivity contribution is 0.610. The molecule has 3 nitrogen and oxygen atoms in total. The number of rotatable bonds is 1. The van der Waals surface area contributed by atoms with Crippen LogP contribution in [0.4, 0.5) is 0 Å². The van der Waals surface area contributed by atoms with Crippen LogP contribution in [0.3, 0.4) is 0 Å². The molecule has 100 valence electrons. The number of nitrogens with zero attached hydrogens (tertiary/aromatic N) is 1. The van der Waals surface area contributed by atoms with Crippen LogP contribution in [-0.2, 0) is 5.54 Å². The van der Waals surface area contributed by atoms with Gasteiger partial charge in [-0.2, -0.15) is 0 Å². The standard InChI is InChI=1S/C10H11N3S.2C2H6/c1-10(7-5-3-2-4-6-7)8(11)12-9(14)13-10;2*1-2/h2-6H,1H3,(H3,11,12,13,14);2*1-2H3. The van der Waals surface area contributed by atoms with Gasteiger partial charge in [-0.15, -0.1) is 0 Å². The molecule has 1 aliphatic heterocycles. The second-order valence-corrected chi connectivity index (χ2v) is 3.80. The van der Waals surface area contributed by atoms with Crippen molar-refractivity contribution in [1.82, 2.24) is 5.32 Å². The molecule has 1 atom stereocenters. The summed E-state index contributed by atoms with van der Waals surface area (Å²) in [6.07, 6.45) is 0. The van der Waals surface area contributed by atoms with Crippen LogP contribution in [0.2, 0.25) is 0 Å². The summed E-state index contributed by atoms with van der Waals surface area (Å²) in [4.78, 5) is 4.03. The van der Waals surface area contributed by atoms with Gasteiger partial charge in [-0.3, -0.25) is 0 Å². The van der Waals surface area contributed by atoms with Gasteiger partial charge in [0.05, 0.1) is 0 Å². The maximum absolute atomic E-state index is 5.84. The van der Waals surface area contributed by atoms with Crippen LogP contribution in [0.1, 0.15) is 40.2 Å². The molecule has 4 heteroatoms. The van der Waals surface area contributed by atoms with E-state index in [9.17, 15) is 0 Å². The number of amidine groups is 1. The molecule has 0 fully saturated rings. The molecule has 18 heavy (non-hydrogen) atoms. The summed E-state index contributed by atoms with van der Waals surface area (Å²) in [7, 11) is 0. The molecular weight excluding hydrogens is 242 g/mol. The molecule has 0 bridgehead atoms. The summed E-state index contributed by atoms with van der Waals surface area (Å²) >= 11 is 4.97. The van der Waals surface area contributed by atoms with Gasteiger partial charge in [0.2, 0.25) is 0 Å². The Morgan fingerprint density at radius 3 is 2.00 bits per heavy atom. The molecular formula is C14H23N3S. The Bertz CT molecular complexity index is 401. The predicted molar refractivity (Wildman–Crippen MR) is 83.8 cm³/mol. The largest absolute Gasteiger partial charge is 0.385 e. The first-order chi connectivity index (χ1) is 8.63. The van der Waals surface area contributed by atoms with Gasteiger partial charge in [0.25, 0.3) is 0 Å². The van der Waals surface area contributed by atoms with Gasteiger partial charge in [0.15, 0.2) is 5.11 Å². The van der Waals surface area contributed by atoms with E-state index < -0.39 is 5.54 Å². The van der Waals surface area contributed by atoms with E-state index in [2.05, 4.69) is 10.3 Å². The normalized spacial score (nSPS) is 20.7. The van der Waals surface area contributed by atoms with E-state index in [0.29, 0.717) is 10.9 Å². The Kier molecular flexibility index (Phi) is 7.20. The van der Waals surface area contributed by atoms with Crippen molar-refractivity contribution in [2.75, 3.05) is 0 Å². The minimum Gasteiger partial charge on any atom is -0.385 e. The van der Waals surface area contributed by atoms with E-state index in [-0.39, 0.29) is 0 Å². The summed E-state index contributed by atoms with van der Waals surface area (Å²) < 4.78 is 0. The van der Waals surface area contributed by atoms with E-state index in [4.69, 9.17) is 18.0 Å². The highest BCUT2D eigenvalue weighted by Crippen LogP contribution is 2.24. The van der Waals surface area contributed by atoms with E-state index in [1.807, 2.05) is 65.0 Å². The first kappa shape index (κ1) is 16.6. The molecule has 0 aliphatic carbocycles. The molecule has 1 heterocycles. The van der Waals surface area contributed by atoms with Crippen LogP contribution >= 0.6 is 12.2 Å². The summed E-state index contributed by atoms with van der Waals surface area (Å²) in [6.45, 7) is 9.97. The van der Waals surface area contributed by atoms with Crippen LogP contribution < -0.4 is 11.1 Å². The maximum Gasteiger partial charge on any atom is 0.195 e. The average molecular weight is 265 g/mol. The minimum absolute atomic E-state index is 0.446. The van der Waals surface area contributed by atoms with Crippen LogP contribution in [0.15, 0.2) is 35.3 Å². The molecule has 2 rings (SSSR count). The first-order valence-corrected chi connectivity index (χ1v) is 6.76. The summed E-state index contributed by atoms with van der Waals surface area (Å²) in [5.74, 6) is 0.522. The fraction of sp³-hybridized carbons (Fsp3) is 0.429. The van der Waals surface area contributed by atoms with Crippen molar-refractivity contribution in [3.05, 3.63) is 35.9 Å². The molecule has 1 aromatic rings. The van der Waals surface area contributed by atoms with Crippen molar-refractivity contribution >= 4 is 23.2 Å². The predicted octanol–water partition coefficient (Wildman–Crippen LogP) is 3.20. The second kappa shape index (κ2) is 7.82. The Morgan fingerprint density at radius 1 is 1.11 bits per heavy atom. The van der Waals surface area contributed by atoms with Crippen molar-refractivity contribution in [3.8, 4) is 0 Å². The highest BCUT2D eigenvalue weighted by molar-refractivity contribution is 7.80. The van der Waals surface area contributed by atoms with Gasteiger partial charge in [0.1, 0.15) is 11.4 Å². The minimum atomic E-state index is -0.446. The third-order valence-corrected chi connectivity index (χ3v) is 2.64. The van der Waals surface area contributed by atoms with Crippen LogP contribution in [0.25, 0.3) is 0 Å². The quantitative estimate of drug-likeness (QED) is 0.767. The monoisotopic (exact) mass is 265 g/mol. The molecule has 0 spiro atoms. The third kappa shape index (κ3) is 3.53. The smallest absolute Gasteiger partial charge is 0.195 e. The fourth-order valence-corrected chi connectivity index (χ4v) is 1.82. The highest BCUT2D eigenvalue weighted by atomic mass is 32.1. The Labute approximate surface area is 116 Å². The average Bonchev–Trinajstić information content (AvgIpc) is 2.70. The van der Waals surface area contributed by atoms with Gasteiger partial charge < -0.3 is 11.1 Å². The lowest BCUT2D eigenvalue weighted by Crippen LogP contribution is -2.46. The van der Waals surface area contributed by atoms with Crippen molar-refractivity contribution in [3.63, 3.8) is 0 Å². The van der Waals surface area contributed by atoms with Crippen LogP contribution in [0.5, 0.6) is 0 Å². The zero-order valence-electron chi connectivity index (χ0n) is 11.8. The summed E-state index contributed by atoms with van der Waals surface area (Å²) in [5.41, 5.74) is 6.46. The van der Waals surface area contributed by atoms with Crippen LogP contribution in [-0.4, -0.2) is 10.9 Å². The lowest BCUT2D eigenvalue weighted by Gasteiger charge is -2.24. The van der Waals surface area contributed by atoms with Crippen molar-refractivity contribution in [1.29, 1.82) is 0 Å². The summed E-state index contributed by atoms with van der Waals surface area (Å²) in [5, 5.41) is 3.55. The molecule has 0 saturated carbocycles. The van der Waals surface area contributed by atoms with Gasteiger partial charge >= 0.3 is 0 Å². The number of aliphatic imine (C=N–C) groups is 1. The molecule has 0 aromatic heterocycles. The van der Waals surface area contributed by atoms with Gasteiger partial charge in [0, 0.05) is 0 Å². The molecule has 1 aromatic carbocycles. The first-order valence-electron chi connectivity index (χ1n) is 6.35. The number of benzene rings is 1. The second-order valence-electron chi connectivity index (χ2n) is 3.42. The van der Waals surface area contributed by atoms with Gasteiger partial charge in [-0.25, -0.2) is 4.99 Å². The van der Waals surface area contributed by atoms with E-state index in [1.54, 1.807) is 0 Å². The van der Waals surface area contributed by atoms with Crippen molar-refractivity contribution in [2.24, 2.45) is 10.7 Å². The zero-order chi connectivity index (χ0) is 14.2. The Hall–Kier alpha value is -1.42. The number of thiocarbonyl (C=S) groups is 1. The van der Waals surface area contributed by atoms with E-state index in [1.165, 1.54) is 0 Å². The summed E-state index contributed by atoms with van der Waals surface area (Å²) in [6, 6.07) is 9.91. The van der Waals surface area contributed by atoms with Crippen molar-refractivity contribution in [2.45, 2.75) is 40.2 Å². The molecule has 0 saturated heterocycles. The van der Waals surface area contributed by atoms with E-state index in [0.717, 1.165) is 5.56 Å². The van der Waals surface area contributed by atoms with Crippen LogP contribution in [0, 0.1) is 0 Å². The van der Waals surface area contributed by atoms with Gasteiger partial charge in [-0.1, -0.05) is 58.0 Å². The molecule has 0 radical (unpaired) electrons. The highest BCUT2D eigenvalue weighted by Gasteiger charge is 2.36. The Balaban J connectivity index is 0.000000659. The Morgan fingerprint density at radius 2 is 1.61 bits per heavy atom. The lowest BCUT2D eigenvalue weighted by atomic mass is 9.92. The van der Waals surface area contributed by atoms with Crippen molar-refractivity contribution < 1.29 is 0 Å². The topological polar surface area (TPSA) is 50.4 Å². The molecule has 0 amide bonds.